The summed E-state index contributed by atoms with van der Waals surface area (Å²) in [5.74, 6) is -0.222. The second-order valence-corrected chi connectivity index (χ2v) is 6.29. The SMILES string of the molecule is C=CCC(NC(=O)OCc1ccccc1)C(=O)N1CCN(C(=O)OCC)CC1. The second kappa shape index (κ2) is 11.0. The molecule has 1 aromatic carbocycles. The van der Waals surface area contributed by atoms with E-state index in [9.17, 15) is 14.4 Å². The van der Waals surface area contributed by atoms with Crippen LogP contribution in [0.4, 0.5) is 9.59 Å². The summed E-state index contributed by atoms with van der Waals surface area (Å²) < 4.78 is 10.2. The number of alkyl carbamates (subject to hydrolysis) is 1. The van der Waals surface area contributed by atoms with Crippen LogP contribution in [0.1, 0.15) is 18.9 Å². The second-order valence-electron chi connectivity index (χ2n) is 6.29. The van der Waals surface area contributed by atoms with Crippen LogP contribution in [-0.2, 0) is 20.9 Å². The Morgan fingerprint density at radius 2 is 1.75 bits per heavy atom. The molecule has 28 heavy (non-hydrogen) atoms. The maximum Gasteiger partial charge on any atom is 0.409 e. The van der Waals surface area contributed by atoms with Gasteiger partial charge in [-0.25, -0.2) is 9.59 Å². The van der Waals surface area contributed by atoms with E-state index in [4.69, 9.17) is 9.47 Å². The van der Waals surface area contributed by atoms with E-state index in [1.165, 1.54) is 0 Å². The zero-order valence-electron chi connectivity index (χ0n) is 16.1. The van der Waals surface area contributed by atoms with Gasteiger partial charge in [0.2, 0.25) is 5.91 Å². The molecule has 2 rings (SSSR count). The van der Waals surface area contributed by atoms with Crippen LogP contribution in [0.25, 0.3) is 0 Å². The van der Waals surface area contributed by atoms with Crippen molar-refractivity contribution in [2.45, 2.75) is 26.0 Å². The van der Waals surface area contributed by atoms with Gasteiger partial charge >= 0.3 is 12.2 Å². The van der Waals surface area contributed by atoms with Gasteiger partial charge < -0.3 is 24.6 Å². The molecule has 1 saturated heterocycles. The number of nitrogens with one attached hydrogen (secondary N) is 1. The van der Waals surface area contributed by atoms with E-state index in [0.29, 0.717) is 32.8 Å². The fraction of sp³-hybridized carbons (Fsp3) is 0.450. The van der Waals surface area contributed by atoms with Crippen molar-refractivity contribution in [2.75, 3.05) is 32.8 Å². The van der Waals surface area contributed by atoms with E-state index >= 15 is 0 Å². The van der Waals surface area contributed by atoms with Crippen molar-refractivity contribution >= 4 is 18.1 Å². The zero-order valence-corrected chi connectivity index (χ0v) is 16.1. The lowest BCUT2D eigenvalue weighted by Gasteiger charge is -2.35. The van der Waals surface area contributed by atoms with Crippen molar-refractivity contribution in [2.24, 2.45) is 0 Å². The van der Waals surface area contributed by atoms with Gasteiger partial charge in [-0.2, -0.15) is 0 Å². The number of hydrogen-bond donors (Lipinski definition) is 1. The Hall–Kier alpha value is -3.03. The van der Waals surface area contributed by atoms with Crippen molar-refractivity contribution in [3.8, 4) is 0 Å². The molecule has 1 N–H and O–H groups in total. The minimum absolute atomic E-state index is 0.125. The molecule has 0 spiro atoms. The highest BCUT2D eigenvalue weighted by Crippen LogP contribution is 2.09. The quantitative estimate of drug-likeness (QED) is 0.722. The number of hydrogen-bond acceptors (Lipinski definition) is 5. The van der Waals surface area contributed by atoms with Crippen LogP contribution in [0, 0.1) is 0 Å². The van der Waals surface area contributed by atoms with Gasteiger partial charge in [0.15, 0.2) is 0 Å². The van der Waals surface area contributed by atoms with Crippen molar-refractivity contribution in [1.29, 1.82) is 0 Å². The third kappa shape index (κ3) is 6.29. The minimum atomic E-state index is -0.755. The number of nitrogens with zero attached hydrogens (tertiary/aromatic N) is 2. The van der Waals surface area contributed by atoms with Crippen LogP contribution in [0.2, 0.25) is 0 Å². The largest absolute Gasteiger partial charge is 0.450 e. The molecule has 8 nitrogen and oxygen atoms in total. The Balaban J connectivity index is 1.85. The Labute approximate surface area is 165 Å². The van der Waals surface area contributed by atoms with Gasteiger partial charge in [-0.05, 0) is 18.9 Å². The summed E-state index contributed by atoms with van der Waals surface area (Å²) >= 11 is 0. The van der Waals surface area contributed by atoms with Gasteiger partial charge in [-0.15, -0.1) is 6.58 Å². The topological polar surface area (TPSA) is 88.2 Å². The summed E-state index contributed by atoms with van der Waals surface area (Å²) in [5, 5.41) is 2.61. The average molecular weight is 389 g/mol. The number of benzene rings is 1. The van der Waals surface area contributed by atoms with Crippen molar-refractivity contribution in [3.05, 3.63) is 48.6 Å². The lowest BCUT2D eigenvalue weighted by Crippen LogP contribution is -2.55. The Bertz CT molecular complexity index is 672. The smallest absolute Gasteiger partial charge is 0.409 e. The van der Waals surface area contributed by atoms with E-state index < -0.39 is 12.1 Å². The van der Waals surface area contributed by atoms with Gasteiger partial charge in [0.05, 0.1) is 6.61 Å². The Morgan fingerprint density at radius 3 is 2.36 bits per heavy atom. The highest BCUT2D eigenvalue weighted by atomic mass is 16.6. The Morgan fingerprint density at radius 1 is 1.11 bits per heavy atom. The maximum absolute atomic E-state index is 12.8. The molecule has 1 heterocycles. The minimum Gasteiger partial charge on any atom is -0.450 e. The molecule has 1 aliphatic heterocycles. The number of rotatable bonds is 7. The summed E-state index contributed by atoms with van der Waals surface area (Å²) in [5.41, 5.74) is 0.860. The van der Waals surface area contributed by atoms with Gasteiger partial charge in [-0.3, -0.25) is 4.79 Å². The molecule has 0 radical (unpaired) electrons. The molecular weight excluding hydrogens is 362 g/mol. The van der Waals surface area contributed by atoms with E-state index in [0.717, 1.165) is 5.56 Å². The normalized spacial score (nSPS) is 14.8. The van der Waals surface area contributed by atoms with E-state index in [-0.39, 0.29) is 25.0 Å². The van der Waals surface area contributed by atoms with Crippen LogP contribution >= 0.6 is 0 Å². The van der Waals surface area contributed by atoms with Gasteiger partial charge in [-0.1, -0.05) is 36.4 Å². The van der Waals surface area contributed by atoms with Crippen molar-refractivity contribution in [3.63, 3.8) is 0 Å². The molecule has 1 aliphatic rings. The first-order valence-electron chi connectivity index (χ1n) is 9.33. The molecule has 1 fully saturated rings. The number of amides is 3. The summed E-state index contributed by atoms with van der Waals surface area (Å²) in [6.45, 7) is 7.39. The highest BCUT2D eigenvalue weighted by molar-refractivity contribution is 5.86. The van der Waals surface area contributed by atoms with Crippen LogP contribution in [0.5, 0.6) is 0 Å². The molecule has 1 aromatic rings. The monoisotopic (exact) mass is 389 g/mol. The predicted molar refractivity (Wildman–Crippen MR) is 104 cm³/mol. The molecule has 1 unspecified atom stereocenters. The Kier molecular flexibility index (Phi) is 8.33. The molecule has 0 saturated carbocycles. The first-order chi connectivity index (χ1) is 13.5. The summed E-state index contributed by atoms with van der Waals surface area (Å²) in [6.07, 6.45) is 0.834. The van der Waals surface area contributed by atoms with Crippen LogP contribution in [-0.4, -0.2) is 66.7 Å². The molecule has 152 valence electrons. The lowest BCUT2D eigenvalue weighted by molar-refractivity contribution is -0.134. The molecule has 3 amide bonds. The predicted octanol–water partition coefficient (Wildman–Crippen LogP) is 2.16. The maximum atomic E-state index is 12.8. The summed E-state index contributed by atoms with van der Waals surface area (Å²) in [4.78, 5) is 39.8. The molecule has 0 aromatic heterocycles. The number of ether oxygens (including phenoxy) is 2. The fourth-order valence-corrected chi connectivity index (χ4v) is 2.84. The van der Waals surface area contributed by atoms with E-state index in [1.807, 2.05) is 30.3 Å². The number of carbonyl (C=O) groups excluding carboxylic acids is 3. The lowest BCUT2D eigenvalue weighted by atomic mass is 10.1. The van der Waals surface area contributed by atoms with Crippen molar-refractivity contribution < 1.29 is 23.9 Å². The molecule has 1 atom stereocenters. The summed E-state index contributed by atoms with van der Waals surface area (Å²) in [7, 11) is 0. The number of carbonyl (C=O) groups is 3. The van der Waals surface area contributed by atoms with Crippen LogP contribution in [0.15, 0.2) is 43.0 Å². The van der Waals surface area contributed by atoms with E-state index in [2.05, 4.69) is 11.9 Å². The first kappa shape index (κ1) is 21.3. The van der Waals surface area contributed by atoms with Crippen molar-refractivity contribution in [1.82, 2.24) is 15.1 Å². The van der Waals surface area contributed by atoms with Gasteiger partial charge in [0.25, 0.3) is 0 Å². The molecule has 8 heteroatoms. The van der Waals surface area contributed by atoms with Crippen LogP contribution < -0.4 is 5.32 Å². The first-order valence-corrected chi connectivity index (χ1v) is 9.33. The third-order valence-electron chi connectivity index (χ3n) is 4.32. The third-order valence-corrected chi connectivity index (χ3v) is 4.32. The summed E-state index contributed by atoms with van der Waals surface area (Å²) in [6, 6.07) is 8.54. The fourth-order valence-electron chi connectivity index (χ4n) is 2.84. The molecule has 0 aliphatic carbocycles. The molecule has 0 bridgehead atoms. The zero-order chi connectivity index (χ0) is 20.4. The average Bonchev–Trinajstić information content (AvgIpc) is 2.72. The number of piperazine rings is 1. The van der Waals surface area contributed by atoms with Gasteiger partial charge in [0.1, 0.15) is 12.6 Å². The van der Waals surface area contributed by atoms with E-state index in [1.54, 1.807) is 22.8 Å². The standard InChI is InChI=1S/C20H27N3O5/c1-3-8-17(21-19(25)28-15-16-9-6-5-7-10-16)18(24)22-11-13-23(14-12-22)20(26)27-4-2/h3,5-7,9-10,17H,1,4,8,11-15H2,2H3,(H,21,25). The molecular formula is C20H27N3O5. The highest BCUT2D eigenvalue weighted by Gasteiger charge is 2.30. The van der Waals surface area contributed by atoms with Crippen LogP contribution in [0.3, 0.4) is 0 Å². The van der Waals surface area contributed by atoms with Gasteiger partial charge in [0, 0.05) is 26.2 Å².